The number of aryl methyl sites for hydroxylation is 1. The van der Waals surface area contributed by atoms with E-state index in [9.17, 15) is 9.18 Å². The van der Waals surface area contributed by atoms with Crippen LogP contribution in [0.4, 0.5) is 4.39 Å². The van der Waals surface area contributed by atoms with Crippen molar-refractivity contribution in [1.82, 2.24) is 4.90 Å². The Morgan fingerprint density at radius 2 is 1.93 bits per heavy atom. The van der Waals surface area contributed by atoms with Crippen LogP contribution in [-0.4, -0.2) is 30.4 Å². The molecule has 2 N–H and O–H groups in total. The number of rotatable bonds is 3. The third-order valence-corrected chi connectivity index (χ3v) is 6.60. The molecule has 1 amide bonds. The van der Waals surface area contributed by atoms with Crippen LogP contribution in [0.25, 0.3) is 10.1 Å². The fourth-order valence-corrected chi connectivity index (χ4v) is 5.15. The first-order valence-corrected chi connectivity index (χ1v) is 9.63. The summed E-state index contributed by atoms with van der Waals surface area (Å²) in [4.78, 5) is 15.7. The Hall–Kier alpha value is -1.95. The fourth-order valence-electron chi connectivity index (χ4n) is 3.95. The molecule has 0 bridgehead atoms. The Bertz CT molecular complexity index is 959. The van der Waals surface area contributed by atoms with Crippen molar-refractivity contribution in [2.24, 2.45) is 11.7 Å². The molecule has 142 valence electrons. The van der Waals surface area contributed by atoms with Gasteiger partial charge in [-0.25, -0.2) is 4.39 Å². The first-order valence-electron chi connectivity index (χ1n) is 8.82. The minimum absolute atomic E-state index is 0. The van der Waals surface area contributed by atoms with Crippen LogP contribution in [0.5, 0.6) is 0 Å². The Balaban J connectivity index is 0.00000210. The van der Waals surface area contributed by atoms with Gasteiger partial charge < -0.3 is 10.6 Å². The molecule has 1 aromatic heterocycles. The highest BCUT2D eigenvalue weighted by Gasteiger charge is 2.36. The van der Waals surface area contributed by atoms with Gasteiger partial charge >= 0.3 is 0 Å². The number of nitrogens with zero attached hydrogens (tertiary/aromatic N) is 1. The van der Waals surface area contributed by atoms with Crippen molar-refractivity contribution < 1.29 is 9.18 Å². The molecule has 4 rings (SSSR count). The summed E-state index contributed by atoms with van der Waals surface area (Å²) in [7, 11) is 0. The molecule has 27 heavy (non-hydrogen) atoms. The van der Waals surface area contributed by atoms with Crippen molar-refractivity contribution in [3.8, 4) is 0 Å². The smallest absolute Gasteiger partial charge is 0.264 e. The number of carbonyl (C=O) groups excluding carboxylic acids is 1. The van der Waals surface area contributed by atoms with Gasteiger partial charge in [0.1, 0.15) is 5.82 Å². The highest BCUT2D eigenvalue weighted by atomic mass is 35.5. The molecule has 2 aromatic carbocycles. The van der Waals surface area contributed by atoms with Gasteiger partial charge in [-0.15, -0.1) is 23.7 Å². The number of hydrogen-bond donors (Lipinski definition) is 1. The minimum atomic E-state index is -0.265. The maximum atomic E-state index is 14.2. The molecule has 0 unspecified atom stereocenters. The first-order chi connectivity index (χ1) is 12.6. The van der Waals surface area contributed by atoms with Crippen LogP contribution < -0.4 is 5.73 Å². The van der Waals surface area contributed by atoms with Crippen LogP contribution in [0.15, 0.2) is 48.5 Å². The highest BCUT2D eigenvalue weighted by Crippen LogP contribution is 2.37. The van der Waals surface area contributed by atoms with Crippen molar-refractivity contribution in [3.63, 3.8) is 0 Å². The van der Waals surface area contributed by atoms with Crippen LogP contribution >= 0.6 is 23.7 Å². The lowest BCUT2D eigenvalue weighted by molar-refractivity contribution is 0.0790. The monoisotopic (exact) mass is 404 g/mol. The molecule has 1 saturated heterocycles. The summed E-state index contributed by atoms with van der Waals surface area (Å²) in [6.45, 7) is 3.68. The number of benzene rings is 2. The largest absolute Gasteiger partial charge is 0.337 e. The predicted molar refractivity (Wildman–Crippen MR) is 111 cm³/mol. The highest BCUT2D eigenvalue weighted by molar-refractivity contribution is 7.21. The lowest BCUT2D eigenvalue weighted by Crippen LogP contribution is -2.29. The summed E-state index contributed by atoms with van der Waals surface area (Å²) in [6.07, 6.45) is 0. The van der Waals surface area contributed by atoms with E-state index in [0.717, 1.165) is 10.3 Å². The summed E-state index contributed by atoms with van der Waals surface area (Å²) < 4.78 is 15.0. The van der Waals surface area contributed by atoms with Gasteiger partial charge in [-0.05, 0) is 42.6 Å². The topological polar surface area (TPSA) is 46.3 Å². The molecule has 3 nitrogen and oxygen atoms in total. The van der Waals surface area contributed by atoms with Crippen LogP contribution in [0, 0.1) is 18.7 Å². The van der Waals surface area contributed by atoms with E-state index < -0.39 is 0 Å². The SMILES string of the molecule is Cc1c(C(=O)N2C[C@@H](CN)[C@H](c3ccccc3)C2)sc2cccc(F)c12.Cl. The summed E-state index contributed by atoms with van der Waals surface area (Å²) in [5, 5.41) is 0.565. The van der Waals surface area contributed by atoms with Crippen LogP contribution in [0.2, 0.25) is 0 Å². The molecule has 2 atom stereocenters. The maximum absolute atomic E-state index is 14.2. The van der Waals surface area contributed by atoms with E-state index in [1.165, 1.54) is 23.0 Å². The Kier molecular flexibility index (Phi) is 5.84. The lowest BCUT2D eigenvalue weighted by atomic mass is 9.89. The molecule has 1 fully saturated rings. The third-order valence-electron chi connectivity index (χ3n) is 5.36. The third kappa shape index (κ3) is 3.47. The van der Waals surface area contributed by atoms with Crippen molar-refractivity contribution >= 4 is 39.7 Å². The zero-order valence-corrected chi connectivity index (χ0v) is 16.7. The molecule has 0 saturated carbocycles. The molecule has 6 heteroatoms. The predicted octanol–water partition coefficient (Wildman–Crippen LogP) is 4.59. The Morgan fingerprint density at radius 1 is 1.19 bits per heavy atom. The fraction of sp³-hybridized carbons (Fsp3) is 0.286. The number of amides is 1. The van der Waals surface area contributed by atoms with Gasteiger partial charge in [-0.1, -0.05) is 36.4 Å². The zero-order valence-electron chi connectivity index (χ0n) is 15.0. The number of likely N-dealkylation sites (tertiary alicyclic amines) is 1. The second kappa shape index (κ2) is 7.97. The number of nitrogens with two attached hydrogens (primary N) is 1. The summed E-state index contributed by atoms with van der Waals surface area (Å²) in [5.74, 6) is 0.211. The lowest BCUT2D eigenvalue weighted by Gasteiger charge is -2.16. The second-order valence-electron chi connectivity index (χ2n) is 6.89. The van der Waals surface area contributed by atoms with Gasteiger partial charge in [0.15, 0.2) is 0 Å². The van der Waals surface area contributed by atoms with Gasteiger partial charge in [0.25, 0.3) is 5.91 Å². The second-order valence-corrected chi connectivity index (χ2v) is 7.94. The van der Waals surface area contributed by atoms with Gasteiger partial charge in [0, 0.05) is 29.1 Å². The van der Waals surface area contributed by atoms with Gasteiger partial charge in [0.05, 0.1) is 4.88 Å². The maximum Gasteiger partial charge on any atom is 0.264 e. The van der Waals surface area contributed by atoms with Crippen LogP contribution in [-0.2, 0) is 0 Å². The molecule has 2 heterocycles. The standard InChI is InChI=1S/C21H21FN2OS.ClH/c1-13-19-17(22)8-5-9-18(19)26-20(13)21(25)24-11-15(10-23)16(12-24)14-6-3-2-4-7-14;/h2-9,15-16H,10-12,23H2,1H3;1H/t15-,16+;/m1./s1. The van der Waals surface area contributed by atoms with Crippen molar-refractivity contribution in [1.29, 1.82) is 0 Å². The van der Waals surface area contributed by atoms with Crippen molar-refractivity contribution in [2.45, 2.75) is 12.8 Å². The van der Waals surface area contributed by atoms with Crippen molar-refractivity contribution in [3.05, 3.63) is 70.4 Å². The van der Waals surface area contributed by atoms with E-state index >= 15 is 0 Å². The molecule has 0 radical (unpaired) electrons. The quantitative estimate of drug-likeness (QED) is 0.694. The molecular formula is C21H22ClFN2OS. The first kappa shape index (κ1) is 19.8. The van der Waals surface area contributed by atoms with E-state index in [-0.39, 0.29) is 36.0 Å². The summed E-state index contributed by atoms with van der Waals surface area (Å²) in [6, 6.07) is 15.2. The molecule has 1 aliphatic rings. The Labute approximate surface area is 168 Å². The van der Waals surface area contributed by atoms with Gasteiger partial charge in [-0.2, -0.15) is 0 Å². The average Bonchev–Trinajstić information content (AvgIpc) is 3.24. The van der Waals surface area contributed by atoms with E-state index in [0.29, 0.717) is 29.9 Å². The molecule has 3 aromatic rings. The van der Waals surface area contributed by atoms with Gasteiger partial charge in [-0.3, -0.25) is 4.79 Å². The van der Waals surface area contributed by atoms with E-state index in [1.807, 2.05) is 36.1 Å². The number of fused-ring (bicyclic) bond motifs is 1. The summed E-state index contributed by atoms with van der Waals surface area (Å²) >= 11 is 1.38. The molecular weight excluding hydrogens is 383 g/mol. The number of halogens is 2. The molecule has 0 spiro atoms. The number of hydrogen-bond acceptors (Lipinski definition) is 3. The zero-order chi connectivity index (χ0) is 18.3. The normalized spacial score (nSPS) is 19.3. The van der Waals surface area contributed by atoms with E-state index in [4.69, 9.17) is 5.73 Å². The van der Waals surface area contributed by atoms with Gasteiger partial charge in [0.2, 0.25) is 0 Å². The minimum Gasteiger partial charge on any atom is -0.337 e. The molecule has 1 aliphatic heterocycles. The summed E-state index contributed by atoms with van der Waals surface area (Å²) in [5.41, 5.74) is 7.95. The Morgan fingerprint density at radius 3 is 2.59 bits per heavy atom. The number of thiophene rings is 1. The van der Waals surface area contributed by atoms with Crippen LogP contribution in [0.3, 0.4) is 0 Å². The molecule has 0 aliphatic carbocycles. The van der Waals surface area contributed by atoms with Crippen molar-refractivity contribution in [2.75, 3.05) is 19.6 Å². The van der Waals surface area contributed by atoms with Crippen LogP contribution in [0.1, 0.15) is 26.7 Å². The average molecular weight is 405 g/mol. The van der Waals surface area contributed by atoms with E-state index in [2.05, 4.69) is 12.1 Å². The van der Waals surface area contributed by atoms with E-state index in [1.54, 1.807) is 6.07 Å². The number of carbonyl (C=O) groups is 1.